The zero-order valence-corrected chi connectivity index (χ0v) is 12.1. The number of methoxy groups -OCH3 is 1. The highest BCUT2D eigenvalue weighted by atomic mass is 79.9. The Morgan fingerprint density at radius 1 is 1.58 bits per heavy atom. The molecule has 1 fully saturated rings. The Kier molecular flexibility index (Phi) is 4.55. The van der Waals surface area contributed by atoms with Gasteiger partial charge >= 0.3 is 5.97 Å². The van der Waals surface area contributed by atoms with Gasteiger partial charge < -0.3 is 15.0 Å². The van der Waals surface area contributed by atoms with Crippen LogP contribution in [0.4, 0.5) is 5.69 Å². The first kappa shape index (κ1) is 14.0. The molecule has 2 rings (SSSR count). The van der Waals surface area contributed by atoms with E-state index in [0.717, 1.165) is 10.2 Å². The fraction of sp³-hybridized carbons (Fsp3) is 0.385. The van der Waals surface area contributed by atoms with Crippen LogP contribution >= 0.6 is 15.9 Å². The van der Waals surface area contributed by atoms with Gasteiger partial charge in [0.2, 0.25) is 5.91 Å². The second-order valence-corrected chi connectivity index (χ2v) is 5.17. The molecule has 5 nitrogen and oxygen atoms in total. The highest BCUT2D eigenvalue weighted by Gasteiger charge is 2.31. The van der Waals surface area contributed by atoms with E-state index in [1.807, 2.05) is 24.3 Å². The summed E-state index contributed by atoms with van der Waals surface area (Å²) in [4.78, 5) is 25.3. The summed E-state index contributed by atoms with van der Waals surface area (Å²) in [5.41, 5.74) is 0.829. The Labute approximate surface area is 120 Å². The molecule has 0 radical (unpaired) electrons. The zero-order chi connectivity index (χ0) is 13.8. The van der Waals surface area contributed by atoms with Crippen molar-refractivity contribution in [3.8, 4) is 0 Å². The lowest BCUT2D eigenvalue weighted by Gasteiger charge is -2.32. The summed E-state index contributed by atoms with van der Waals surface area (Å²) in [6, 6.07) is 7.04. The normalized spacial score (nSPS) is 19.4. The minimum Gasteiger partial charge on any atom is -0.469 e. The van der Waals surface area contributed by atoms with E-state index >= 15 is 0 Å². The van der Waals surface area contributed by atoms with Crippen LogP contribution in [0.3, 0.4) is 0 Å². The third-order valence-corrected chi connectivity index (χ3v) is 3.50. The fourth-order valence-corrected chi connectivity index (χ4v) is 2.43. The van der Waals surface area contributed by atoms with Gasteiger partial charge in [-0.25, -0.2) is 0 Å². The Morgan fingerprint density at radius 3 is 3.05 bits per heavy atom. The van der Waals surface area contributed by atoms with E-state index in [-0.39, 0.29) is 18.3 Å². The molecule has 1 N–H and O–H groups in total. The average molecular weight is 327 g/mol. The van der Waals surface area contributed by atoms with Gasteiger partial charge in [-0.05, 0) is 18.2 Å². The second kappa shape index (κ2) is 6.16. The monoisotopic (exact) mass is 326 g/mol. The molecule has 0 saturated carbocycles. The molecule has 1 aliphatic heterocycles. The number of piperazine rings is 1. The average Bonchev–Trinajstić information content (AvgIpc) is 2.41. The van der Waals surface area contributed by atoms with Gasteiger partial charge in [-0.3, -0.25) is 9.59 Å². The number of ether oxygens (including phenoxy) is 1. The minimum absolute atomic E-state index is 0.0554. The van der Waals surface area contributed by atoms with E-state index in [2.05, 4.69) is 26.0 Å². The van der Waals surface area contributed by atoms with Gasteiger partial charge in [0.1, 0.15) is 0 Å². The van der Waals surface area contributed by atoms with E-state index in [9.17, 15) is 9.59 Å². The lowest BCUT2D eigenvalue weighted by atomic mass is 10.1. The van der Waals surface area contributed by atoms with Crippen molar-refractivity contribution in [2.75, 3.05) is 25.1 Å². The smallest absolute Gasteiger partial charge is 0.307 e. The van der Waals surface area contributed by atoms with E-state index in [1.54, 1.807) is 4.90 Å². The third kappa shape index (κ3) is 3.33. The largest absolute Gasteiger partial charge is 0.469 e. The minimum atomic E-state index is -0.514. The number of anilines is 1. The molecule has 0 spiro atoms. The molecule has 1 saturated heterocycles. The first-order chi connectivity index (χ1) is 9.11. The maximum absolute atomic E-state index is 12.3. The van der Waals surface area contributed by atoms with Crippen LogP contribution in [-0.4, -0.2) is 38.1 Å². The number of carbonyl (C=O) groups is 2. The number of amides is 1. The number of halogens is 1. The number of carbonyl (C=O) groups excluding carboxylic acids is 2. The lowest BCUT2D eigenvalue weighted by Crippen LogP contribution is -2.56. The molecular weight excluding hydrogens is 312 g/mol. The molecule has 102 valence electrons. The van der Waals surface area contributed by atoms with Crippen molar-refractivity contribution in [2.45, 2.75) is 12.5 Å². The number of esters is 1. The van der Waals surface area contributed by atoms with Crippen LogP contribution in [-0.2, 0) is 14.3 Å². The van der Waals surface area contributed by atoms with Gasteiger partial charge in [-0.1, -0.05) is 22.0 Å². The highest BCUT2D eigenvalue weighted by Crippen LogP contribution is 2.22. The van der Waals surface area contributed by atoms with Crippen LogP contribution < -0.4 is 10.2 Å². The molecular formula is C13H15BrN2O3. The van der Waals surface area contributed by atoms with Crippen molar-refractivity contribution in [3.63, 3.8) is 0 Å². The summed E-state index contributed by atoms with van der Waals surface area (Å²) in [6.07, 6.45) is 0.0554. The van der Waals surface area contributed by atoms with Crippen molar-refractivity contribution >= 4 is 33.5 Å². The summed E-state index contributed by atoms with van der Waals surface area (Å²) in [6.45, 7) is 1.24. The van der Waals surface area contributed by atoms with E-state index in [0.29, 0.717) is 13.1 Å². The summed E-state index contributed by atoms with van der Waals surface area (Å²) in [7, 11) is 1.32. The molecule has 0 aliphatic carbocycles. The summed E-state index contributed by atoms with van der Waals surface area (Å²) in [5, 5.41) is 3.04. The standard InChI is InChI=1S/C13H15BrN2O3/c1-19-12(17)8-11-13(18)16(6-5-15-11)10-4-2-3-9(14)7-10/h2-4,7,11,15H,5-6,8H2,1H3. The number of hydrogen-bond acceptors (Lipinski definition) is 4. The van der Waals surface area contributed by atoms with Crippen molar-refractivity contribution in [1.29, 1.82) is 0 Å². The molecule has 1 atom stereocenters. The molecule has 19 heavy (non-hydrogen) atoms. The van der Waals surface area contributed by atoms with Crippen LogP contribution in [0.25, 0.3) is 0 Å². The molecule has 1 aromatic carbocycles. The van der Waals surface area contributed by atoms with Gasteiger partial charge in [0, 0.05) is 23.2 Å². The Bertz CT molecular complexity index is 493. The van der Waals surface area contributed by atoms with Crippen LogP contribution in [0.5, 0.6) is 0 Å². The van der Waals surface area contributed by atoms with Gasteiger partial charge in [0.15, 0.2) is 0 Å². The molecule has 1 unspecified atom stereocenters. The van der Waals surface area contributed by atoms with Crippen molar-refractivity contribution in [1.82, 2.24) is 5.32 Å². The molecule has 1 aliphatic rings. The molecule has 0 aromatic heterocycles. The van der Waals surface area contributed by atoms with E-state index < -0.39 is 6.04 Å². The van der Waals surface area contributed by atoms with Crippen LogP contribution in [0, 0.1) is 0 Å². The van der Waals surface area contributed by atoms with Crippen molar-refractivity contribution in [3.05, 3.63) is 28.7 Å². The van der Waals surface area contributed by atoms with Gasteiger partial charge in [0.25, 0.3) is 0 Å². The molecule has 1 aromatic rings. The number of rotatable bonds is 3. The first-order valence-electron chi connectivity index (χ1n) is 5.99. The lowest BCUT2D eigenvalue weighted by molar-refractivity contribution is -0.143. The second-order valence-electron chi connectivity index (χ2n) is 4.26. The maximum atomic E-state index is 12.3. The van der Waals surface area contributed by atoms with Crippen LogP contribution in [0.1, 0.15) is 6.42 Å². The quantitative estimate of drug-likeness (QED) is 0.851. The van der Waals surface area contributed by atoms with Gasteiger partial charge in [0.05, 0.1) is 19.6 Å². The Morgan fingerprint density at radius 2 is 2.37 bits per heavy atom. The fourth-order valence-electron chi connectivity index (χ4n) is 2.05. The molecule has 0 bridgehead atoms. The first-order valence-corrected chi connectivity index (χ1v) is 6.78. The molecule has 6 heteroatoms. The summed E-state index contributed by atoms with van der Waals surface area (Å²) >= 11 is 3.39. The van der Waals surface area contributed by atoms with Crippen LogP contribution in [0.2, 0.25) is 0 Å². The maximum Gasteiger partial charge on any atom is 0.307 e. The van der Waals surface area contributed by atoms with Crippen molar-refractivity contribution < 1.29 is 14.3 Å². The third-order valence-electron chi connectivity index (χ3n) is 3.01. The van der Waals surface area contributed by atoms with Gasteiger partial charge in [-0.2, -0.15) is 0 Å². The number of hydrogen-bond donors (Lipinski definition) is 1. The molecule has 1 amide bonds. The van der Waals surface area contributed by atoms with E-state index in [4.69, 9.17) is 0 Å². The zero-order valence-electron chi connectivity index (χ0n) is 10.6. The predicted octanol–water partition coefficient (Wildman–Crippen LogP) is 1.32. The topological polar surface area (TPSA) is 58.6 Å². The SMILES string of the molecule is COC(=O)CC1NCCN(c2cccc(Br)c2)C1=O. The number of benzene rings is 1. The number of nitrogens with one attached hydrogen (secondary N) is 1. The predicted molar refractivity (Wildman–Crippen MR) is 74.9 cm³/mol. The Hall–Kier alpha value is -1.40. The Balaban J connectivity index is 2.14. The molecule has 1 heterocycles. The van der Waals surface area contributed by atoms with Crippen LogP contribution in [0.15, 0.2) is 28.7 Å². The highest BCUT2D eigenvalue weighted by molar-refractivity contribution is 9.10. The number of nitrogens with zero attached hydrogens (tertiary/aromatic N) is 1. The summed E-state index contributed by atoms with van der Waals surface area (Å²) in [5.74, 6) is -0.489. The van der Waals surface area contributed by atoms with E-state index in [1.165, 1.54) is 7.11 Å². The van der Waals surface area contributed by atoms with Gasteiger partial charge in [-0.15, -0.1) is 0 Å². The summed E-state index contributed by atoms with van der Waals surface area (Å²) < 4.78 is 5.52. The van der Waals surface area contributed by atoms with Crippen molar-refractivity contribution in [2.24, 2.45) is 0 Å².